The van der Waals surface area contributed by atoms with Crippen molar-refractivity contribution in [1.82, 2.24) is 0 Å². The van der Waals surface area contributed by atoms with Crippen LogP contribution in [0.4, 0.5) is 0 Å². The monoisotopic (exact) mass is 99.0 g/mol. The summed E-state index contributed by atoms with van der Waals surface area (Å²) in [4.78, 5) is 0. The van der Waals surface area contributed by atoms with Crippen molar-refractivity contribution in [2.24, 2.45) is 0 Å². The van der Waals surface area contributed by atoms with Gasteiger partial charge in [0.05, 0.1) is 0 Å². The third kappa shape index (κ3) is 1.21. The summed E-state index contributed by atoms with van der Waals surface area (Å²) in [6, 6.07) is 0. The van der Waals surface area contributed by atoms with Crippen LogP contribution < -0.4 is 0 Å². The maximum Gasteiger partial charge on any atom is 0.0172 e. The standard InChI is InChI=1S/C5H7S/c1-2-4-6-5-3-1/h4H,2-3,5H2. The minimum absolute atomic E-state index is 1.09. The van der Waals surface area contributed by atoms with Gasteiger partial charge in [-0.1, -0.05) is 0 Å². The molecule has 0 atom stereocenters. The molecule has 0 N–H and O–H groups in total. The van der Waals surface area contributed by atoms with Crippen LogP contribution in [-0.4, -0.2) is 5.75 Å². The lowest BCUT2D eigenvalue weighted by molar-refractivity contribution is 1.00. The SMILES string of the molecule is [C]1C[CH]SCC1. The molecule has 1 saturated heterocycles. The molecule has 0 spiro atoms. The van der Waals surface area contributed by atoms with Crippen LogP contribution in [0.15, 0.2) is 0 Å². The van der Waals surface area contributed by atoms with Gasteiger partial charge < -0.3 is 0 Å². The summed E-state index contributed by atoms with van der Waals surface area (Å²) in [6.45, 7) is 0. The molecule has 1 fully saturated rings. The second kappa shape index (κ2) is 2.51. The van der Waals surface area contributed by atoms with Crippen molar-refractivity contribution in [3.63, 3.8) is 0 Å². The Balaban J connectivity index is 2.00. The molecule has 1 rings (SSSR count). The normalized spacial score (nSPS) is 24.0. The first-order chi connectivity index (χ1) is 3.00. The van der Waals surface area contributed by atoms with E-state index in [1.54, 1.807) is 0 Å². The van der Waals surface area contributed by atoms with E-state index in [9.17, 15) is 0 Å². The third-order valence-corrected chi connectivity index (χ3v) is 1.58. The maximum absolute atomic E-state index is 3.21. The van der Waals surface area contributed by atoms with Crippen molar-refractivity contribution in [2.45, 2.75) is 12.8 Å². The first-order valence-electron chi connectivity index (χ1n) is 2.14. The van der Waals surface area contributed by atoms with Crippen LogP contribution in [-0.2, 0) is 0 Å². The van der Waals surface area contributed by atoms with Crippen LogP contribution in [0.5, 0.6) is 0 Å². The largest absolute Gasteiger partial charge is 0.157 e. The van der Waals surface area contributed by atoms with Crippen LogP contribution in [0.1, 0.15) is 12.8 Å². The Hall–Kier alpha value is 0.350. The van der Waals surface area contributed by atoms with Crippen LogP contribution in [0, 0.1) is 12.2 Å². The maximum atomic E-state index is 3.21. The zero-order valence-corrected chi connectivity index (χ0v) is 4.42. The number of thioether (sulfide) groups is 1. The first kappa shape index (κ1) is 4.51. The van der Waals surface area contributed by atoms with E-state index in [4.69, 9.17) is 0 Å². The van der Waals surface area contributed by atoms with Gasteiger partial charge in [-0.05, 0) is 25.0 Å². The van der Waals surface area contributed by atoms with E-state index in [0.717, 1.165) is 6.42 Å². The summed E-state index contributed by atoms with van der Waals surface area (Å²) in [5.41, 5.74) is 0. The zero-order valence-electron chi connectivity index (χ0n) is 3.61. The van der Waals surface area contributed by atoms with Gasteiger partial charge in [0.15, 0.2) is 0 Å². The minimum Gasteiger partial charge on any atom is -0.157 e. The summed E-state index contributed by atoms with van der Waals surface area (Å²) in [5.74, 6) is 3.45. The zero-order chi connectivity index (χ0) is 4.24. The molecule has 1 aliphatic heterocycles. The Kier molecular flexibility index (Phi) is 1.89. The van der Waals surface area contributed by atoms with Crippen molar-refractivity contribution in [3.05, 3.63) is 12.2 Å². The number of hydrogen-bond acceptors (Lipinski definition) is 1. The van der Waals surface area contributed by atoms with Crippen molar-refractivity contribution in [1.29, 1.82) is 0 Å². The predicted octanol–water partition coefficient (Wildman–Crippen LogP) is 1.76. The molecule has 0 bridgehead atoms. The number of rotatable bonds is 0. The predicted molar refractivity (Wildman–Crippen MR) is 29.2 cm³/mol. The molecule has 1 heterocycles. The quantitative estimate of drug-likeness (QED) is 0.446. The van der Waals surface area contributed by atoms with Crippen molar-refractivity contribution >= 4 is 11.8 Å². The fourth-order valence-corrected chi connectivity index (χ4v) is 1.10. The molecule has 0 unspecified atom stereocenters. The van der Waals surface area contributed by atoms with Gasteiger partial charge in [-0.25, -0.2) is 0 Å². The highest BCUT2D eigenvalue weighted by atomic mass is 32.2. The molecule has 6 heavy (non-hydrogen) atoms. The minimum atomic E-state index is 1.09. The second-order valence-corrected chi connectivity index (χ2v) is 2.32. The van der Waals surface area contributed by atoms with E-state index >= 15 is 0 Å². The highest BCUT2D eigenvalue weighted by Gasteiger charge is 1.97. The van der Waals surface area contributed by atoms with E-state index in [2.05, 4.69) is 12.2 Å². The lowest BCUT2D eigenvalue weighted by atomic mass is 10.3. The van der Waals surface area contributed by atoms with Gasteiger partial charge in [0.1, 0.15) is 0 Å². The van der Waals surface area contributed by atoms with Gasteiger partial charge in [-0.3, -0.25) is 0 Å². The molecule has 1 heteroatoms. The lowest BCUT2D eigenvalue weighted by Crippen LogP contribution is -1.87. The van der Waals surface area contributed by atoms with Crippen molar-refractivity contribution in [2.75, 3.05) is 5.75 Å². The molecular formula is C5H7S. The average Bonchev–Trinajstić information content (AvgIpc) is 1.72. The van der Waals surface area contributed by atoms with Crippen LogP contribution in [0.25, 0.3) is 0 Å². The average molecular weight is 99.2 g/mol. The summed E-state index contributed by atoms with van der Waals surface area (Å²) in [7, 11) is 0. The van der Waals surface area contributed by atoms with Gasteiger partial charge >= 0.3 is 0 Å². The molecule has 0 nitrogen and oxygen atoms in total. The topological polar surface area (TPSA) is 0 Å². The molecule has 0 amide bonds. The van der Waals surface area contributed by atoms with Crippen LogP contribution in [0.3, 0.4) is 0 Å². The van der Waals surface area contributed by atoms with Crippen LogP contribution >= 0.6 is 11.8 Å². The second-order valence-electron chi connectivity index (χ2n) is 1.24. The molecule has 3 radical (unpaired) electrons. The fraction of sp³-hybridized carbons (Fsp3) is 0.600. The molecule has 33 valence electrons. The molecule has 0 aromatic carbocycles. The molecule has 1 aliphatic rings. The van der Waals surface area contributed by atoms with Crippen molar-refractivity contribution < 1.29 is 0 Å². The van der Waals surface area contributed by atoms with E-state index in [-0.39, 0.29) is 0 Å². The Labute approximate surface area is 43.3 Å². The number of hydrogen-bond donors (Lipinski definition) is 0. The van der Waals surface area contributed by atoms with Gasteiger partial charge in [-0.15, -0.1) is 0 Å². The smallest absolute Gasteiger partial charge is 0.0172 e. The Morgan fingerprint density at radius 2 is 2.67 bits per heavy atom. The summed E-state index contributed by atoms with van der Waals surface area (Å²) in [6.07, 6.45) is 5.48. The van der Waals surface area contributed by atoms with E-state index < -0.39 is 0 Å². The van der Waals surface area contributed by atoms with Crippen LogP contribution in [0.2, 0.25) is 0 Å². The molecule has 0 aliphatic carbocycles. The Morgan fingerprint density at radius 3 is 2.83 bits per heavy atom. The van der Waals surface area contributed by atoms with E-state index in [1.165, 1.54) is 12.2 Å². The fourth-order valence-electron chi connectivity index (χ4n) is 0.434. The molecular weight excluding hydrogens is 92.1 g/mol. The van der Waals surface area contributed by atoms with E-state index in [1.807, 2.05) is 11.8 Å². The third-order valence-electron chi connectivity index (χ3n) is 0.742. The summed E-state index contributed by atoms with van der Waals surface area (Å²) in [5, 5.41) is 0. The van der Waals surface area contributed by atoms with Crippen molar-refractivity contribution in [3.8, 4) is 0 Å². The Morgan fingerprint density at radius 1 is 1.67 bits per heavy atom. The molecule has 0 saturated carbocycles. The molecule has 0 aromatic heterocycles. The highest BCUT2D eigenvalue weighted by molar-refractivity contribution is 8.01. The van der Waals surface area contributed by atoms with Gasteiger partial charge in [-0.2, -0.15) is 11.8 Å². The summed E-state index contributed by atoms with van der Waals surface area (Å²) >= 11 is 1.91. The molecule has 0 aromatic rings. The first-order valence-corrected chi connectivity index (χ1v) is 3.19. The summed E-state index contributed by atoms with van der Waals surface area (Å²) < 4.78 is 0. The highest BCUT2D eigenvalue weighted by Crippen LogP contribution is 2.18. The van der Waals surface area contributed by atoms with Gasteiger partial charge in [0.2, 0.25) is 0 Å². The lowest BCUT2D eigenvalue weighted by Gasteiger charge is -2.04. The van der Waals surface area contributed by atoms with Gasteiger partial charge in [0, 0.05) is 5.75 Å². The van der Waals surface area contributed by atoms with Gasteiger partial charge in [0.25, 0.3) is 0 Å². The Bertz CT molecular complexity index is 19.4. The van der Waals surface area contributed by atoms with E-state index in [0.29, 0.717) is 0 Å².